The highest BCUT2D eigenvalue weighted by molar-refractivity contribution is 6.33. The van der Waals surface area contributed by atoms with Crippen molar-refractivity contribution < 1.29 is 9.72 Å². The van der Waals surface area contributed by atoms with Gasteiger partial charge in [0.2, 0.25) is 5.91 Å². The summed E-state index contributed by atoms with van der Waals surface area (Å²) in [6.07, 6.45) is 1.67. The molecule has 0 bridgehead atoms. The summed E-state index contributed by atoms with van der Waals surface area (Å²) in [5, 5.41) is 13.9. The average Bonchev–Trinajstić information content (AvgIpc) is 2.27. The van der Waals surface area contributed by atoms with Crippen LogP contribution in [0.5, 0.6) is 0 Å². The van der Waals surface area contributed by atoms with E-state index in [2.05, 4.69) is 5.32 Å². The molecule has 0 aromatic heterocycles. The third-order valence-electron chi connectivity index (χ3n) is 2.33. The lowest BCUT2D eigenvalue weighted by molar-refractivity contribution is -0.383. The van der Waals surface area contributed by atoms with Crippen molar-refractivity contribution >= 4 is 28.9 Å². The minimum Gasteiger partial charge on any atom is -0.379 e. The highest BCUT2D eigenvalue weighted by Crippen LogP contribution is 2.32. The highest BCUT2D eigenvalue weighted by Gasteiger charge is 2.17. The second-order valence-corrected chi connectivity index (χ2v) is 4.15. The number of unbranched alkanes of at least 4 members (excludes halogenated alkanes) is 1. The zero-order valence-corrected chi connectivity index (χ0v) is 10.4. The summed E-state index contributed by atoms with van der Waals surface area (Å²) in [5.74, 6) is -0.344. The van der Waals surface area contributed by atoms with Crippen molar-refractivity contribution in [2.75, 3.05) is 11.9 Å². The average molecular weight is 272 g/mol. The Labute approximate surface area is 109 Å². The number of nitrogens with one attached hydrogen (secondary N) is 1. The van der Waals surface area contributed by atoms with Crippen LogP contribution in [-0.2, 0) is 4.79 Å². The molecule has 1 aromatic carbocycles. The third-order valence-corrected chi connectivity index (χ3v) is 2.64. The Bertz CT molecular complexity index is 451. The van der Waals surface area contributed by atoms with E-state index in [0.717, 1.165) is 0 Å². The van der Waals surface area contributed by atoms with Gasteiger partial charge in [-0.2, -0.15) is 0 Å². The predicted octanol–water partition coefficient (Wildman–Crippen LogP) is 2.32. The molecule has 6 nitrogen and oxygen atoms in total. The molecule has 0 unspecified atom stereocenters. The van der Waals surface area contributed by atoms with Gasteiger partial charge in [0.15, 0.2) is 0 Å². The maximum atomic E-state index is 10.8. The molecule has 0 aliphatic rings. The molecule has 98 valence electrons. The lowest BCUT2D eigenvalue weighted by Crippen LogP contribution is -2.11. The summed E-state index contributed by atoms with van der Waals surface area (Å²) >= 11 is 5.76. The number of nitrogens with two attached hydrogens (primary N) is 1. The Kier molecular flexibility index (Phi) is 5.38. The van der Waals surface area contributed by atoms with Crippen LogP contribution in [0, 0.1) is 10.1 Å². The van der Waals surface area contributed by atoms with Gasteiger partial charge in [-0.05, 0) is 25.0 Å². The van der Waals surface area contributed by atoms with Gasteiger partial charge in [-0.1, -0.05) is 17.7 Å². The molecular formula is C11H14ClN3O3. The van der Waals surface area contributed by atoms with Crippen LogP contribution in [0.3, 0.4) is 0 Å². The molecule has 7 heteroatoms. The van der Waals surface area contributed by atoms with Gasteiger partial charge >= 0.3 is 5.69 Å². The Morgan fingerprint density at radius 1 is 1.44 bits per heavy atom. The number of para-hydroxylation sites is 1. The van der Waals surface area contributed by atoms with Crippen molar-refractivity contribution in [3.8, 4) is 0 Å². The monoisotopic (exact) mass is 271 g/mol. The van der Waals surface area contributed by atoms with Gasteiger partial charge in [0, 0.05) is 13.0 Å². The number of anilines is 1. The van der Waals surface area contributed by atoms with Crippen LogP contribution < -0.4 is 11.1 Å². The molecule has 0 radical (unpaired) electrons. The Morgan fingerprint density at radius 2 is 2.17 bits per heavy atom. The topological polar surface area (TPSA) is 98.3 Å². The largest absolute Gasteiger partial charge is 0.379 e. The van der Waals surface area contributed by atoms with E-state index in [1.807, 2.05) is 0 Å². The number of nitro benzene ring substituents is 1. The molecule has 1 aromatic rings. The molecule has 0 saturated carbocycles. The fourth-order valence-corrected chi connectivity index (χ4v) is 1.73. The summed E-state index contributed by atoms with van der Waals surface area (Å²) in [6.45, 7) is 0.522. The summed E-state index contributed by atoms with van der Waals surface area (Å²) in [7, 11) is 0. The zero-order chi connectivity index (χ0) is 13.5. The van der Waals surface area contributed by atoms with Crippen LogP contribution in [-0.4, -0.2) is 17.4 Å². The number of carbonyl (C=O) groups is 1. The second kappa shape index (κ2) is 6.80. The van der Waals surface area contributed by atoms with E-state index in [1.54, 1.807) is 12.1 Å². The number of hydrogen-bond donors (Lipinski definition) is 2. The predicted molar refractivity (Wildman–Crippen MR) is 69.6 cm³/mol. The number of halogens is 1. The minimum atomic E-state index is -0.520. The van der Waals surface area contributed by atoms with E-state index in [-0.39, 0.29) is 16.6 Å². The van der Waals surface area contributed by atoms with Crippen LogP contribution in [0.15, 0.2) is 18.2 Å². The van der Waals surface area contributed by atoms with Gasteiger partial charge in [-0.15, -0.1) is 0 Å². The van der Waals surface area contributed by atoms with Crippen molar-refractivity contribution in [3.63, 3.8) is 0 Å². The van der Waals surface area contributed by atoms with Crippen LogP contribution in [0.1, 0.15) is 19.3 Å². The Balaban J connectivity index is 2.54. The van der Waals surface area contributed by atoms with Gasteiger partial charge in [0.05, 0.1) is 4.92 Å². The molecular weight excluding hydrogens is 258 g/mol. The summed E-state index contributed by atoms with van der Waals surface area (Å²) in [6, 6.07) is 4.71. The molecule has 0 saturated heterocycles. The van der Waals surface area contributed by atoms with E-state index >= 15 is 0 Å². The van der Waals surface area contributed by atoms with Gasteiger partial charge in [0.1, 0.15) is 10.7 Å². The maximum absolute atomic E-state index is 10.8. The number of nitro groups is 1. The van der Waals surface area contributed by atoms with E-state index in [4.69, 9.17) is 17.3 Å². The minimum absolute atomic E-state index is 0.0992. The number of nitrogens with zero attached hydrogens (tertiary/aromatic N) is 1. The van der Waals surface area contributed by atoms with Crippen molar-refractivity contribution in [1.82, 2.24) is 0 Å². The van der Waals surface area contributed by atoms with Gasteiger partial charge in [0.25, 0.3) is 0 Å². The lowest BCUT2D eigenvalue weighted by atomic mass is 10.2. The third kappa shape index (κ3) is 4.21. The van der Waals surface area contributed by atoms with Crippen LogP contribution >= 0.6 is 11.6 Å². The number of amides is 1. The van der Waals surface area contributed by atoms with Crippen molar-refractivity contribution in [1.29, 1.82) is 0 Å². The molecule has 0 fully saturated rings. The van der Waals surface area contributed by atoms with E-state index in [0.29, 0.717) is 31.5 Å². The first-order chi connectivity index (χ1) is 8.52. The van der Waals surface area contributed by atoms with E-state index in [9.17, 15) is 14.9 Å². The highest BCUT2D eigenvalue weighted by atomic mass is 35.5. The van der Waals surface area contributed by atoms with Crippen LogP contribution in [0.2, 0.25) is 5.02 Å². The quantitative estimate of drug-likeness (QED) is 0.452. The van der Waals surface area contributed by atoms with Gasteiger partial charge in [-0.25, -0.2) is 0 Å². The summed E-state index contributed by atoms with van der Waals surface area (Å²) < 4.78 is 0. The van der Waals surface area contributed by atoms with Gasteiger partial charge in [-0.3, -0.25) is 14.9 Å². The molecule has 18 heavy (non-hydrogen) atoms. The number of rotatable bonds is 7. The number of benzene rings is 1. The van der Waals surface area contributed by atoms with E-state index < -0.39 is 4.92 Å². The molecule has 1 rings (SSSR count). The molecule has 0 aliphatic carbocycles. The fraction of sp³-hybridized carbons (Fsp3) is 0.364. The molecule has 1 amide bonds. The normalized spacial score (nSPS) is 10.1. The maximum Gasteiger partial charge on any atom is 0.310 e. The number of hydrogen-bond acceptors (Lipinski definition) is 4. The molecule has 0 spiro atoms. The number of carbonyl (C=O) groups excluding carboxylic acids is 1. The molecule has 0 aliphatic heterocycles. The molecule has 0 atom stereocenters. The van der Waals surface area contributed by atoms with E-state index in [1.165, 1.54) is 6.07 Å². The summed E-state index contributed by atoms with van der Waals surface area (Å²) in [4.78, 5) is 20.8. The molecule has 3 N–H and O–H groups in total. The first-order valence-corrected chi connectivity index (χ1v) is 5.85. The SMILES string of the molecule is NC(=O)CCCCNc1cccc(Cl)c1[N+](=O)[O-]. The Morgan fingerprint density at radius 3 is 2.78 bits per heavy atom. The smallest absolute Gasteiger partial charge is 0.310 e. The standard InChI is InChI=1S/C11H14ClN3O3/c12-8-4-3-5-9(11(8)15(17)18)14-7-2-1-6-10(13)16/h3-5,14H,1-2,6-7H2,(H2,13,16). The van der Waals surface area contributed by atoms with Gasteiger partial charge < -0.3 is 11.1 Å². The van der Waals surface area contributed by atoms with Crippen LogP contribution in [0.4, 0.5) is 11.4 Å². The van der Waals surface area contributed by atoms with Crippen LogP contribution in [0.25, 0.3) is 0 Å². The van der Waals surface area contributed by atoms with Crippen molar-refractivity contribution in [2.45, 2.75) is 19.3 Å². The fourth-order valence-electron chi connectivity index (χ4n) is 1.49. The first kappa shape index (κ1) is 14.2. The first-order valence-electron chi connectivity index (χ1n) is 5.47. The lowest BCUT2D eigenvalue weighted by Gasteiger charge is -2.07. The second-order valence-electron chi connectivity index (χ2n) is 3.74. The molecule has 0 heterocycles. The van der Waals surface area contributed by atoms with Crippen molar-refractivity contribution in [2.24, 2.45) is 5.73 Å². The number of primary amides is 1. The van der Waals surface area contributed by atoms with Crippen molar-refractivity contribution in [3.05, 3.63) is 33.3 Å². The zero-order valence-electron chi connectivity index (χ0n) is 9.69. The Hall–Kier alpha value is -1.82. The summed E-state index contributed by atoms with van der Waals surface area (Å²) in [5.41, 5.74) is 5.25.